The maximum Gasteiger partial charge on any atom is 0.0153 e. The molecular weight excluding hydrogens is 214 g/mol. The Hall–Kier alpha value is 0.310. The molecule has 0 aromatic rings. The van der Waals surface area contributed by atoms with Gasteiger partial charge in [0.2, 0.25) is 0 Å². The quantitative estimate of drug-likeness (QED) is 0.737. The lowest BCUT2D eigenvalue weighted by molar-refractivity contribution is 0.0819. The summed E-state index contributed by atoms with van der Waals surface area (Å²) in [5.74, 6) is 1.08. The van der Waals surface area contributed by atoms with Gasteiger partial charge in [-0.1, -0.05) is 19.3 Å². The first-order valence-electron chi connectivity index (χ1n) is 6.94. The van der Waals surface area contributed by atoms with E-state index in [-0.39, 0.29) is 0 Å². The molecule has 1 nitrogen and oxygen atoms in total. The molecule has 0 amide bonds. The maximum absolute atomic E-state index is 4.65. The molecule has 1 heterocycles. The predicted octanol–water partition coefficient (Wildman–Crippen LogP) is 3.74. The number of nitrogens with zero attached hydrogens (tertiary/aromatic N) is 1. The second-order valence-corrected chi connectivity index (χ2v) is 6.87. The summed E-state index contributed by atoms with van der Waals surface area (Å²) in [7, 11) is 0. The Kier molecular flexibility index (Phi) is 3.90. The molecule has 0 aromatic carbocycles. The van der Waals surface area contributed by atoms with Crippen molar-refractivity contribution in [1.82, 2.24) is 4.90 Å². The minimum Gasteiger partial charge on any atom is -0.298 e. The predicted molar refractivity (Wildman–Crippen MR) is 74.3 cm³/mol. The van der Waals surface area contributed by atoms with Crippen LogP contribution in [-0.4, -0.2) is 29.3 Å². The summed E-state index contributed by atoms with van der Waals surface area (Å²) in [6.07, 6.45) is 9.86. The van der Waals surface area contributed by atoms with E-state index in [2.05, 4.69) is 31.4 Å². The molecule has 0 spiro atoms. The van der Waals surface area contributed by atoms with Crippen LogP contribution in [0.15, 0.2) is 0 Å². The van der Waals surface area contributed by atoms with Crippen LogP contribution in [0.2, 0.25) is 0 Å². The van der Waals surface area contributed by atoms with Gasteiger partial charge < -0.3 is 0 Å². The molecule has 1 saturated carbocycles. The van der Waals surface area contributed by atoms with E-state index in [4.69, 9.17) is 0 Å². The lowest BCUT2D eigenvalue weighted by Gasteiger charge is -2.43. The zero-order chi connectivity index (χ0) is 11.6. The van der Waals surface area contributed by atoms with Crippen LogP contribution in [0.3, 0.4) is 0 Å². The van der Waals surface area contributed by atoms with Crippen LogP contribution in [-0.2, 0) is 0 Å². The van der Waals surface area contributed by atoms with Crippen LogP contribution in [0, 0.1) is 5.41 Å². The third-order valence-corrected chi connectivity index (χ3v) is 5.52. The van der Waals surface area contributed by atoms with E-state index in [1.807, 2.05) is 0 Å². The Bertz CT molecular complexity index is 231. The van der Waals surface area contributed by atoms with Crippen molar-refractivity contribution in [3.63, 3.8) is 0 Å². The van der Waals surface area contributed by atoms with Gasteiger partial charge in [-0.2, -0.15) is 12.6 Å². The third-order valence-electron chi connectivity index (χ3n) is 4.85. The zero-order valence-corrected chi connectivity index (χ0v) is 11.9. The third kappa shape index (κ3) is 2.59. The van der Waals surface area contributed by atoms with Crippen molar-refractivity contribution in [2.75, 3.05) is 18.8 Å². The van der Waals surface area contributed by atoms with Crippen LogP contribution in [0.5, 0.6) is 0 Å². The fraction of sp³-hybridized carbons (Fsp3) is 1.00. The van der Waals surface area contributed by atoms with E-state index in [0.29, 0.717) is 11.0 Å². The molecular formula is C14H27NS. The summed E-state index contributed by atoms with van der Waals surface area (Å²) in [5.41, 5.74) is 0.969. The molecule has 0 atom stereocenters. The molecule has 1 aliphatic carbocycles. The smallest absolute Gasteiger partial charge is 0.0153 e. The Labute approximate surface area is 106 Å². The minimum atomic E-state index is 0.438. The van der Waals surface area contributed by atoms with Gasteiger partial charge in [0.15, 0.2) is 0 Å². The van der Waals surface area contributed by atoms with Gasteiger partial charge in [-0.25, -0.2) is 0 Å². The highest BCUT2D eigenvalue weighted by molar-refractivity contribution is 7.80. The van der Waals surface area contributed by atoms with Crippen molar-refractivity contribution >= 4 is 12.6 Å². The highest BCUT2D eigenvalue weighted by atomic mass is 32.1. The molecule has 94 valence electrons. The highest BCUT2D eigenvalue weighted by Gasteiger charge is 2.39. The lowest BCUT2D eigenvalue weighted by Crippen LogP contribution is -2.47. The number of hydrogen-bond donors (Lipinski definition) is 1. The first kappa shape index (κ1) is 12.8. The first-order chi connectivity index (χ1) is 7.58. The molecule has 16 heavy (non-hydrogen) atoms. The first-order valence-corrected chi connectivity index (χ1v) is 7.57. The largest absolute Gasteiger partial charge is 0.298 e. The van der Waals surface area contributed by atoms with E-state index in [0.717, 1.165) is 5.75 Å². The Balaban J connectivity index is 2.00. The molecule has 0 unspecified atom stereocenters. The zero-order valence-electron chi connectivity index (χ0n) is 11.0. The molecule has 0 N–H and O–H groups in total. The molecule has 1 saturated heterocycles. The molecule has 1 aliphatic heterocycles. The Morgan fingerprint density at radius 2 is 1.69 bits per heavy atom. The van der Waals surface area contributed by atoms with Gasteiger partial charge in [-0.3, -0.25) is 4.90 Å². The number of thiol groups is 1. The summed E-state index contributed by atoms with van der Waals surface area (Å²) in [4.78, 5) is 2.73. The number of hydrogen-bond acceptors (Lipinski definition) is 2. The molecule has 0 aromatic heterocycles. The normalized spacial score (nSPS) is 29.4. The second-order valence-electron chi connectivity index (χ2n) is 6.56. The Morgan fingerprint density at radius 1 is 1.00 bits per heavy atom. The van der Waals surface area contributed by atoms with Crippen molar-refractivity contribution in [1.29, 1.82) is 0 Å². The van der Waals surface area contributed by atoms with Gasteiger partial charge >= 0.3 is 0 Å². The number of likely N-dealkylation sites (tertiary alicyclic amines) is 1. The molecule has 2 fully saturated rings. The van der Waals surface area contributed by atoms with Gasteiger partial charge in [0, 0.05) is 12.1 Å². The molecule has 0 radical (unpaired) electrons. The van der Waals surface area contributed by atoms with Gasteiger partial charge in [0.25, 0.3) is 0 Å². The fourth-order valence-corrected chi connectivity index (χ4v) is 3.95. The second kappa shape index (κ2) is 4.89. The fourth-order valence-electron chi connectivity index (χ4n) is 3.53. The summed E-state index contributed by atoms with van der Waals surface area (Å²) in [6.45, 7) is 7.43. The standard InChI is InChI=1S/C14H27NS/c1-13(2)7-6-10-15(13)11-14(12-16)8-4-3-5-9-14/h16H,3-12H2,1-2H3. The van der Waals surface area contributed by atoms with Crippen LogP contribution >= 0.6 is 12.6 Å². The maximum atomic E-state index is 4.65. The SMILES string of the molecule is CC1(C)CCCN1CC1(CS)CCCCC1. The minimum absolute atomic E-state index is 0.438. The van der Waals surface area contributed by atoms with E-state index < -0.39 is 0 Å². The number of rotatable bonds is 3. The van der Waals surface area contributed by atoms with Crippen molar-refractivity contribution in [2.24, 2.45) is 5.41 Å². The summed E-state index contributed by atoms with van der Waals surface area (Å²) in [5, 5.41) is 0. The molecule has 2 rings (SSSR count). The summed E-state index contributed by atoms with van der Waals surface area (Å²) >= 11 is 4.65. The average molecular weight is 241 g/mol. The van der Waals surface area contributed by atoms with E-state index in [1.54, 1.807) is 0 Å². The van der Waals surface area contributed by atoms with Crippen LogP contribution in [0.4, 0.5) is 0 Å². The molecule has 2 aliphatic rings. The van der Waals surface area contributed by atoms with Crippen molar-refractivity contribution in [3.05, 3.63) is 0 Å². The van der Waals surface area contributed by atoms with Crippen LogP contribution in [0.25, 0.3) is 0 Å². The van der Waals surface area contributed by atoms with Crippen molar-refractivity contribution in [2.45, 2.75) is 64.3 Å². The Morgan fingerprint density at radius 3 is 2.19 bits per heavy atom. The van der Waals surface area contributed by atoms with E-state index in [1.165, 1.54) is 58.0 Å². The van der Waals surface area contributed by atoms with Crippen molar-refractivity contribution < 1.29 is 0 Å². The summed E-state index contributed by atoms with van der Waals surface area (Å²) < 4.78 is 0. The van der Waals surface area contributed by atoms with Gasteiger partial charge in [-0.15, -0.1) is 0 Å². The van der Waals surface area contributed by atoms with Gasteiger partial charge in [0.05, 0.1) is 0 Å². The topological polar surface area (TPSA) is 3.24 Å². The monoisotopic (exact) mass is 241 g/mol. The van der Waals surface area contributed by atoms with Crippen LogP contribution in [0.1, 0.15) is 58.8 Å². The molecule has 2 heteroatoms. The lowest BCUT2D eigenvalue weighted by atomic mass is 9.74. The van der Waals surface area contributed by atoms with E-state index >= 15 is 0 Å². The van der Waals surface area contributed by atoms with E-state index in [9.17, 15) is 0 Å². The van der Waals surface area contributed by atoms with Gasteiger partial charge in [-0.05, 0) is 57.2 Å². The average Bonchev–Trinajstić information content (AvgIpc) is 2.60. The highest BCUT2D eigenvalue weighted by Crippen LogP contribution is 2.41. The van der Waals surface area contributed by atoms with Crippen LogP contribution < -0.4 is 0 Å². The molecule has 0 bridgehead atoms. The van der Waals surface area contributed by atoms with Gasteiger partial charge in [0.1, 0.15) is 0 Å². The summed E-state index contributed by atoms with van der Waals surface area (Å²) in [6, 6.07) is 0. The van der Waals surface area contributed by atoms with Crippen molar-refractivity contribution in [3.8, 4) is 0 Å².